The molecule has 0 aromatic carbocycles. The van der Waals surface area contributed by atoms with Gasteiger partial charge in [-0.3, -0.25) is 9.59 Å². The third-order valence-corrected chi connectivity index (χ3v) is 16.8. The van der Waals surface area contributed by atoms with Crippen LogP contribution in [0.3, 0.4) is 0 Å². The molecule has 0 aliphatic carbocycles. The van der Waals surface area contributed by atoms with E-state index in [-0.39, 0.29) is 18.5 Å². The van der Waals surface area contributed by atoms with Gasteiger partial charge in [0.1, 0.15) is 0 Å². The zero-order valence-electron chi connectivity index (χ0n) is 52.5. The van der Waals surface area contributed by atoms with Gasteiger partial charge >= 0.3 is 5.97 Å². The molecule has 0 saturated heterocycles. The van der Waals surface area contributed by atoms with Crippen LogP contribution >= 0.6 is 0 Å². The van der Waals surface area contributed by atoms with E-state index in [1.165, 1.54) is 334 Å². The van der Waals surface area contributed by atoms with Crippen LogP contribution in [0.4, 0.5) is 0 Å². The number of aliphatic hydroxyl groups is 2. The second kappa shape index (κ2) is 67.1. The Labute approximate surface area is 482 Å². The summed E-state index contributed by atoms with van der Waals surface area (Å²) in [6, 6.07) is -0.549. The van der Waals surface area contributed by atoms with Crippen molar-refractivity contribution in [2.75, 3.05) is 13.2 Å². The Morgan fingerprint density at radius 3 is 0.922 bits per heavy atom. The summed E-state index contributed by atoms with van der Waals surface area (Å²) in [6.45, 7) is 4.99. The van der Waals surface area contributed by atoms with Gasteiger partial charge < -0.3 is 20.3 Å². The van der Waals surface area contributed by atoms with Crippen LogP contribution in [0.2, 0.25) is 0 Å². The number of nitrogens with one attached hydrogen (secondary N) is 1. The van der Waals surface area contributed by atoms with Crippen molar-refractivity contribution in [2.24, 2.45) is 0 Å². The average molecular weight is 1090 g/mol. The SMILES string of the molecule is CCCCCCCCCCCCCCCCCCCCCCCCCCC(O)C(CO)NC(=O)CCCCCCCCC/C=C\CCCCCCCCCCCOC(=O)CCCCCCCCCCCCCCCCCC. The highest BCUT2D eigenvalue weighted by Crippen LogP contribution is 2.19. The fraction of sp³-hybridized carbons (Fsp3) is 0.944. The minimum atomic E-state index is -0.671. The van der Waals surface area contributed by atoms with E-state index < -0.39 is 12.1 Å². The fourth-order valence-electron chi connectivity index (χ4n) is 11.4. The van der Waals surface area contributed by atoms with E-state index in [0.717, 1.165) is 38.5 Å². The molecular weight excluding hydrogens is 947 g/mol. The molecule has 0 aliphatic heterocycles. The Morgan fingerprint density at radius 2 is 0.610 bits per heavy atom. The second-order valence-electron chi connectivity index (χ2n) is 24.6. The maximum Gasteiger partial charge on any atom is 0.305 e. The highest BCUT2D eigenvalue weighted by atomic mass is 16.5. The van der Waals surface area contributed by atoms with E-state index in [4.69, 9.17) is 4.74 Å². The summed E-state index contributed by atoms with van der Waals surface area (Å²) in [5.41, 5.74) is 0. The van der Waals surface area contributed by atoms with E-state index >= 15 is 0 Å². The van der Waals surface area contributed by atoms with Gasteiger partial charge in [-0.25, -0.2) is 0 Å². The summed E-state index contributed by atoms with van der Waals surface area (Å²) < 4.78 is 5.50. The number of esters is 1. The third-order valence-electron chi connectivity index (χ3n) is 16.8. The molecule has 458 valence electrons. The van der Waals surface area contributed by atoms with Gasteiger partial charge in [0.2, 0.25) is 5.91 Å². The zero-order valence-corrected chi connectivity index (χ0v) is 52.5. The molecule has 6 heteroatoms. The van der Waals surface area contributed by atoms with Gasteiger partial charge in [0.05, 0.1) is 25.4 Å². The van der Waals surface area contributed by atoms with E-state index in [2.05, 4.69) is 31.3 Å². The molecule has 0 aliphatic rings. The van der Waals surface area contributed by atoms with Crippen molar-refractivity contribution in [2.45, 2.75) is 418 Å². The van der Waals surface area contributed by atoms with Gasteiger partial charge in [-0.2, -0.15) is 0 Å². The van der Waals surface area contributed by atoms with Gasteiger partial charge in [-0.05, 0) is 51.4 Å². The summed E-state index contributed by atoms with van der Waals surface area (Å²) in [5.74, 6) is -0.0273. The topological polar surface area (TPSA) is 95.9 Å². The Hall–Kier alpha value is -1.40. The van der Waals surface area contributed by atoms with Crippen molar-refractivity contribution in [3.8, 4) is 0 Å². The van der Waals surface area contributed by atoms with Crippen LogP contribution in [0.25, 0.3) is 0 Å². The van der Waals surface area contributed by atoms with Crippen molar-refractivity contribution in [3.63, 3.8) is 0 Å². The molecule has 0 bridgehead atoms. The summed E-state index contributed by atoms with van der Waals surface area (Å²) in [7, 11) is 0. The molecule has 0 aromatic rings. The first kappa shape index (κ1) is 75.6. The largest absolute Gasteiger partial charge is 0.466 e. The molecule has 2 atom stereocenters. The first-order valence-electron chi connectivity index (χ1n) is 35.4. The number of ether oxygens (including phenoxy) is 1. The maximum atomic E-state index is 12.6. The number of hydrogen-bond acceptors (Lipinski definition) is 5. The molecular formula is C71H139NO5. The molecule has 0 rings (SSSR count). The van der Waals surface area contributed by atoms with E-state index in [9.17, 15) is 19.8 Å². The van der Waals surface area contributed by atoms with Crippen LogP contribution in [-0.2, 0) is 14.3 Å². The Balaban J connectivity index is 3.41. The second-order valence-corrected chi connectivity index (χ2v) is 24.6. The highest BCUT2D eigenvalue weighted by molar-refractivity contribution is 5.76. The Morgan fingerprint density at radius 1 is 0.351 bits per heavy atom. The number of unbranched alkanes of at least 4 members (excludes halogenated alkanes) is 54. The number of hydrogen-bond donors (Lipinski definition) is 3. The van der Waals surface area contributed by atoms with Gasteiger partial charge in [0.15, 0.2) is 0 Å². The molecule has 77 heavy (non-hydrogen) atoms. The van der Waals surface area contributed by atoms with Crippen LogP contribution in [0, 0.1) is 0 Å². The Kier molecular flexibility index (Phi) is 65.9. The smallest absolute Gasteiger partial charge is 0.305 e. The molecule has 1 amide bonds. The molecule has 0 heterocycles. The van der Waals surface area contributed by atoms with Crippen molar-refractivity contribution >= 4 is 11.9 Å². The predicted octanol–water partition coefficient (Wildman–Crippen LogP) is 22.8. The number of carbonyl (C=O) groups is 2. The molecule has 0 fully saturated rings. The van der Waals surface area contributed by atoms with Gasteiger partial charge in [0, 0.05) is 12.8 Å². The lowest BCUT2D eigenvalue weighted by atomic mass is 10.0. The molecule has 2 unspecified atom stereocenters. The van der Waals surface area contributed by atoms with Crippen LogP contribution < -0.4 is 5.32 Å². The number of rotatable bonds is 67. The molecule has 0 spiro atoms. The van der Waals surface area contributed by atoms with E-state index in [0.29, 0.717) is 25.9 Å². The van der Waals surface area contributed by atoms with Crippen LogP contribution in [0.1, 0.15) is 406 Å². The van der Waals surface area contributed by atoms with Crippen LogP contribution in [0.15, 0.2) is 12.2 Å². The lowest BCUT2D eigenvalue weighted by Crippen LogP contribution is -2.45. The minimum Gasteiger partial charge on any atom is -0.466 e. The number of aliphatic hydroxyl groups excluding tert-OH is 2. The molecule has 0 saturated carbocycles. The van der Waals surface area contributed by atoms with Crippen molar-refractivity contribution in [1.82, 2.24) is 5.32 Å². The lowest BCUT2D eigenvalue weighted by molar-refractivity contribution is -0.143. The predicted molar refractivity (Wildman–Crippen MR) is 338 cm³/mol. The van der Waals surface area contributed by atoms with Gasteiger partial charge in [-0.15, -0.1) is 0 Å². The molecule has 0 aromatic heterocycles. The monoisotopic (exact) mass is 1090 g/mol. The average Bonchev–Trinajstić information content (AvgIpc) is 3.43. The number of amides is 1. The number of carbonyl (C=O) groups excluding carboxylic acids is 2. The first-order valence-corrected chi connectivity index (χ1v) is 35.4. The Bertz CT molecular complexity index is 1160. The van der Waals surface area contributed by atoms with E-state index in [1.807, 2.05) is 0 Å². The molecule has 6 nitrogen and oxygen atoms in total. The first-order chi connectivity index (χ1) is 38.0. The van der Waals surface area contributed by atoms with Crippen molar-refractivity contribution in [3.05, 3.63) is 12.2 Å². The van der Waals surface area contributed by atoms with Crippen molar-refractivity contribution < 1.29 is 24.5 Å². The third kappa shape index (κ3) is 63.6. The van der Waals surface area contributed by atoms with Gasteiger partial charge in [-0.1, -0.05) is 353 Å². The summed E-state index contributed by atoms with van der Waals surface area (Å²) >= 11 is 0. The summed E-state index contributed by atoms with van der Waals surface area (Å²) in [6.07, 6.45) is 82.5. The van der Waals surface area contributed by atoms with Crippen LogP contribution in [0.5, 0.6) is 0 Å². The normalized spacial score (nSPS) is 12.5. The lowest BCUT2D eigenvalue weighted by Gasteiger charge is -2.22. The zero-order chi connectivity index (χ0) is 55.7. The van der Waals surface area contributed by atoms with Crippen LogP contribution in [-0.4, -0.2) is 47.4 Å². The van der Waals surface area contributed by atoms with E-state index in [1.54, 1.807) is 0 Å². The number of allylic oxidation sites excluding steroid dienone is 2. The quantitative estimate of drug-likeness (QED) is 0.0320. The standard InChI is InChI=1S/C71H139NO5/c1-3-5-7-9-11-13-15-17-19-21-22-23-24-25-26-29-32-35-39-43-47-51-55-59-63-69(74)68(67-73)72-70(75)64-60-56-52-48-44-40-36-33-30-27-28-31-34-38-42-46-50-54-58-62-66-77-71(76)65-61-57-53-49-45-41-37-20-18-16-14-12-10-8-6-4-2/h27,30,68-69,73-74H,3-26,28-29,31-67H2,1-2H3,(H,72,75)/b30-27-. The summed E-state index contributed by atoms with van der Waals surface area (Å²) in [5, 5.41) is 23.4. The maximum absolute atomic E-state index is 12.6. The fourth-order valence-corrected chi connectivity index (χ4v) is 11.4. The van der Waals surface area contributed by atoms with Crippen molar-refractivity contribution in [1.29, 1.82) is 0 Å². The molecule has 0 radical (unpaired) electrons. The summed E-state index contributed by atoms with van der Waals surface area (Å²) in [4.78, 5) is 24.6. The highest BCUT2D eigenvalue weighted by Gasteiger charge is 2.20. The van der Waals surface area contributed by atoms with Gasteiger partial charge in [0.25, 0.3) is 0 Å². The minimum absolute atomic E-state index is 0.0111. The molecule has 3 N–H and O–H groups in total.